The average molecular weight is 459 g/mol. The molecule has 164 valence electrons. The molecule has 3 rings (SSSR count). The van der Waals surface area contributed by atoms with Gasteiger partial charge in [0.05, 0.1) is 18.4 Å². The molecule has 1 aliphatic rings. The van der Waals surface area contributed by atoms with Gasteiger partial charge in [-0.1, -0.05) is 11.6 Å². The van der Waals surface area contributed by atoms with Gasteiger partial charge in [0, 0.05) is 10.6 Å². The SMILES string of the molecule is COC(=O)c1ccc(N2C(=O)NC(=O)/C(=C\c3cc(Cl)ccc3OCC(=O)O)C2=O)cc1. The molecule has 32 heavy (non-hydrogen) atoms. The van der Waals surface area contributed by atoms with E-state index in [2.05, 4.69) is 10.1 Å². The lowest BCUT2D eigenvalue weighted by Crippen LogP contribution is -2.54. The number of ether oxygens (including phenoxy) is 2. The number of rotatable bonds is 6. The number of carboxylic acid groups (broad SMARTS) is 1. The Morgan fingerprint density at radius 2 is 1.81 bits per heavy atom. The van der Waals surface area contributed by atoms with Crippen LogP contribution in [0.4, 0.5) is 10.5 Å². The van der Waals surface area contributed by atoms with E-state index in [0.29, 0.717) is 0 Å². The first kappa shape index (κ1) is 22.5. The summed E-state index contributed by atoms with van der Waals surface area (Å²) in [4.78, 5) is 60.8. The summed E-state index contributed by atoms with van der Waals surface area (Å²) >= 11 is 5.98. The predicted octanol–water partition coefficient (Wildman–Crippen LogP) is 2.26. The van der Waals surface area contributed by atoms with Crippen molar-refractivity contribution in [2.75, 3.05) is 18.6 Å². The predicted molar refractivity (Wildman–Crippen MR) is 111 cm³/mol. The standard InChI is InChI=1S/C21H15ClN2O8/c1-31-20(29)11-2-5-14(6-3-11)24-19(28)15(18(27)23-21(24)30)9-12-8-13(22)4-7-16(12)32-10-17(25)26/h2-9H,10H2,1H3,(H,25,26)(H,23,27,30)/b15-9+. The Hall–Kier alpha value is -4.18. The second-order valence-corrected chi connectivity index (χ2v) is 6.80. The van der Waals surface area contributed by atoms with E-state index >= 15 is 0 Å². The molecule has 2 aromatic carbocycles. The summed E-state index contributed by atoms with van der Waals surface area (Å²) in [6, 6.07) is 8.64. The molecule has 0 saturated carbocycles. The topological polar surface area (TPSA) is 139 Å². The van der Waals surface area contributed by atoms with Gasteiger partial charge in [-0.2, -0.15) is 0 Å². The molecule has 0 bridgehead atoms. The third-order valence-electron chi connectivity index (χ3n) is 4.27. The molecule has 2 aromatic rings. The fourth-order valence-electron chi connectivity index (χ4n) is 2.81. The maximum atomic E-state index is 13.0. The highest BCUT2D eigenvalue weighted by Crippen LogP contribution is 2.28. The fourth-order valence-corrected chi connectivity index (χ4v) is 3.00. The van der Waals surface area contributed by atoms with Crippen molar-refractivity contribution < 1.29 is 38.6 Å². The lowest BCUT2D eigenvalue weighted by molar-refractivity contribution is -0.139. The lowest BCUT2D eigenvalue weighted by atomic mass is 10.1. The Kier molecular flexibility index (Phi) is 6.55. The number of aliphatic carboxylic acids is 1. The smallest absolute Gasteiger partial charge is 0.341 e. The number of nitrogens with zero attached hydrogens (tertiary/aromatic N) is 1. The number of hydrogen-bond acceptors (Lipinski definition) is 7. The number of imide groups is 2. The minimum absolute atomic E-state index is 0.0655. The first-order chi connectivity index (χ1) is 15.2. The van der Waals surface area contributed by atoms with Crippen LogP contribution in [-0.2, 0) is 19.1 Å². The van der Waals surface area contributed by atoms with Crippen molar-refractivity contribution in [3.8, 4) is 5.75 Å². The largest absolute Gasteiger partial charge is 0.481 e. The minimum Gasteiger partial charge on any atom is -0.481 e. The average Bonchev–Trinajstić information content (AvgIpc) is 2.75. The van der Waals surface area contributed by atoms with Crippen molar-refractivity contribution in [2.24, 2.45) is 0 Å². The van der Waals surface area contributed by atoms with E-state index in [1.807, 2.05) is 0 Å². The molecule has 0 atom stereocenters. The molecule has 10 nitrogen and oxygen atoms in total. The van der Waals surface area contributed by atoms with E-state index in [4.69, 9.17) is 21.4 Å². The van der Waals surface area contributed by atoms with Crippen LogP contribution in [0, 0.1) is 0 Å². The summed E-state index contributed by atoms with van der Waals surface area (Å²) in [5.74, 6) is -3.65. The number of carbonyl (C=O) groups excluding carboxylic acids is 4. The van der Waals surface area contributed by atoms with E-state index in [1.165, 1.54) is 49.6 Å². The summed E-state index contributed by atoms with van der Waals surface area (Å²) < 4.78 is 9.78. The zero-order valence-electron chi connectivity index (χ0n) is 16.5. The third-order valence-corrected chi connectivity index (χ3v) is 4.51. The van der Waals surface area contributed by atoms with Crippen molar-refractivity contribution >= 4 is 53.1 Å². The Morgan fingerprint density at radius 1 is 1.12 bits per heavy atom. The zero-order chi connectivity index (χ0) is 23.4. The molecule has 1 fully saturated rings. The molecule has 0 aromatic heterocycles. The van der Waals surface area contributed by atoms with Crippen LogP contribution >= 0.6 is 11.6 Å². The summed E-state index contributed by atoms with van der Waals surface area (Å²) in [5.41, 5.74) is 0.0516. The highest BCUT2D eigenvalue weighted by Gasteiger charge is 2.37. The number of methoxy groups -OCH3 is 1. The highest BCUT2D eigenvalue weighted by molar-refractivity contribution is 6.39. The molecule has 0 aliphatic carbocycles. The zero-order valence-corrected chi connectivity index (χ0v) is 17.2. The molecule has 1 heterocycles. The van der Waals surface area contributed by atoms with E-state index in [-0.39, 0.29) is 27.6 Å². The number of esters is 1. The first-order valence-corrected chi connectivity index (χ1v) is 9.33. The number of carbonyl (C=O) groups is 5. The molecular formula is C21H15ClN2O8. The molecule has 0 radical (unpaired) electrons. The molecule has 1 aliphatic heterocycles. The minimum atomic E-state index is -1.22. The maximum absolute atomic E-state index is 13.0. The molecule has 1 saturated heterocycles. The molecule has 11 heteroatoms. The van der Waals surface area contributed by atoms with Crippen molar-refractivity contribution in [3.05, 3.63) is 64.2 Å². The van der Waals surface area contributed by atoms with Crippen molar-refractivity contribution in [1.82, 2.24) is 5.32 Å². The summed E-state index contributed by atoms with van der Waals surface area (Å²) in [5, 5.41) is 11.1. The Labute approximate surface area is 186 Å². The second kappa shape index (κ2) is 9.31. The number of halogens is 1. The monoisotopic (exact) mass is 458 g/mol. The van der Waals surface area contributed by atoms with E-state index < -0.39 is 42.0 Å². The summed E-state index contributed by atoms with van der Waals surface area (Å²) in [6.07, 6.45) is 1.14. The van der Waals surface area contributed by atoms with Crippen LogP contribution in [0.2, 0.25) is 5.02 Å². The van der Waals surface area contributed by atoms with Crippen molar-refractivity contribution in [3.63, 3.8) is 0 Å². The van der Waals surface area contributed by atoms with Gasteiger partial charge in [-0.3, -0.25) is 14.9 Å². The van der Waals surface area contributed by atoms with Crippen LogP contribution in [0.3, 0.4) is 0 Å². The van der Waals surface area contributed by atoms with Crippen molar-refractivity contribution in [2.45, 2.75) is 0 Å². The third kappa shape index (κ3) is 4.76. The maximum Gasteiger partial charge on any atom is 0.341 e. The van der Waals surface area contributed by atoms with Gasteiger partial charge in [-0.15, -0.1) is 0 Å². The number of carboxylic acids is 1. The Balaban J connectivity index is 1.98. The molecule has 2 N–H and O–H groups in total. The fraction of sp³-hybridized carbons (Fsp3) is 0.0952. The number of amides is 4. The molecule has 0 unspecified atom stereocenters. The number of hydrogen-bond donors (Lipinski definition) is 2. The van der Waals surface area contributed by atoms with Crippen LogP contribution in [0.15, 0.2) is 48.0 Å². The van der Waals surface area contributed by atoms with Crippen LogP contribution in [-0.4, -0.2) is 48.6 Å². The van der Waals surface area contributed by atoms with Crippen LogP contribution in [0.1, 0.15) is 15.9 Å². The number of barbiturate groups is 1. The first-order valence-electron chi connectivity index (χ1n) is 8.95. The van der Waals surface area contributed by atoms with Gasteiger partial charge in [0.25, 0.3) is 11.8 Å². The Morgan fingerprint density at radius 3 is 2.44 bits per heavy atom. The van der Waals surface area contributed by atoms with Gasteiger partial charge >= 0.3 is 18.0 Å². The molecular weight excluding hydrogens is 444 g/mol. The van der Waals surface area contributed by atoms with Crippen LogP contribution < -0.4 is 15.0 Å². The van der Waals surface area contributed by atoms with Crippen LogP contribution in [0.5, 0.6) is 5.75 Å². The Bertz CT molecular complexity index is 1160. The number of anilines is 1. The molecule has 0 spiro atoms. The van der Waals surface area contributed by atoms with Gasteiger partial charge in [0.15, 0.2) is 6.61 Å². The second-order valence-electron chi connectivity index (χ2n) is 6.36. The van der Waals surface area contributed by atoms with Gasteiger partial charge in [0.1, 0.15) is 11.3 Å². The van der Waals surface area contributed by atoms with E-state index in [9.17, 15) is 24.0 Å². The summed E-state index contributed by atoms with van der Waals surface area (Å²) in [6.45, 7) is -0.658. The normalized spacial score (nSPS) is 14.9. The van der Waals surface area contributed by atoms with Gasteiger partial charge in [-0.05, 0) is 48.5 Å². The van der Waals surface area contributed by atoms with Gasteiger partial charge < -0.3 is 14.6 Å². The van der Waals surface area contributed by atoms with Gasteiger partial charge in [0.2, 0.25) is 0 Å². The quantitative estimate of drug-likeness (QED) is 0.381. The lowest BCUT2D eigenvalue weighted by Gasteiger charge is -2.26. The number of benzene rings is 2. The molecule has 4 amide bonds. The van der Waals surface area contributed by atoms with Crippen molar-refractivity contribution in [1.29, 1.82) is 0 Å². The van der Waals surface area contributed by atoms with Gasteiger partial charge in [-0.25, -0.2) is 19.3 Å². The number of nitrogens with one attached hydrogen (secondary N) is 1. The summed E-state index contributed by atoms with van der Waals surface area (Å²) in [7, 11) is 1.21. The number of urea groups is 1. The van der Waals surface area contributed by atoms with Crippen LogP contribution in [0.25, 0.3) is 6.08 Å². The van der Waals surface area contributed by atoms with E-state index in [0.717, 1.165) is 11.0 Å². The van der Waals surface area contributed by atoms with E-state index in [1.54, 1.807) is 0 Å². The highest BCUT2D eigenvalue weighted by atomic mass is 35.5.